The molecule has 0 atom stereocenters. The average Bonchev–Trinajstić information content (AvgIpc) is 2.93. The summed E-state index contributed by atoms with van der Waals surface area (Å²) in [6.45, 7) is 6.05. The maximum atomic E-state index is 9.62. The van der Waals surface area contributed by atoms with Crippen LogP contribution in [0.4, 0.5) is 0 Å². The molecule has 0 bridgehead atoms. The van der Waals surface area contributed by atoms with Crippen LogP contribution in [0.25, 0.3) is 11.1 Å². The van der Waals surface area contributed by atoms with E-state index in [-0.39, 0.29) is 0 Å². The Morgan fingerprint density at radius 2 is 1.58 bits per heavy atom. The minimum Gasteiger partial charge on any atom is -0.316 e. The first kappa shape index (κ1) is 22.1. The molecule has 4 rings (SSSR count). The molecule has 0 spiro atoms. The Hall–Kier alpha value is -2.10. The van der Waals surface area contributed by atoms with Crippen LogP contribution >= 0.6 is 23.2 Å². The second-order valence-corrected chi connectivity index (χ2v) is 9.65. The second kappa shape index (κ2) is 8.80. The lowest BCUT2D eigenvalue weighted by atomic mass is 9.85. The van der Waals surface area contributed by atoms with Crippen molar-refractivity contribution in [2.24, 2.45) is 0 Å². The lowest BCUT2D eigenvalue weighted by Crippen LogP contribution is -2.33. The van der Waals surface area contributed by atoms with Gasteiger partial charge in [0, 0.05) is 10.0 Å². The van der Waals surface area contributed by atoms with Gasteiger partial charge in [0.2, 0.25) is 0 Å². The summed E-state index contributed by atoms with van der Waals surface area (Å²) in [6.07, 6.45) is 2.91. The highest BCUT2D eigenvalue weighted by Gasteiger charge is 2.25. The monoisotopic (exact) mass is 451 g/mol. The van der Waals surface area contributed by atoms with E-state index in [1.54, 1.807) is 0 Å². The molecule has 0 heterocycles. The van der Waals surface area contributed by atoms with Crippen molar-refractivity contribution in [1.29, 1.82) is 0 Å². The van der Waals surface area contributed by atoms with Gasteiger partial charge in [-0.2, -0.15) is 5.48 Å². The van der Waals surface area contributed by atoms with Gasteiger partial charge in [-0.3, -0.25) is 0 Å². The Kier molecular flexibility index (Phi) is 6.27. The van der Waals surface area contributed by atoms with Crippen LogP contribution in [0.3, 0.4) is 0 Å². The Morgan fingerprint density at radius 3 is 2.26 bits per heavy atom. The van der Waals surface area contributed by atoms with Gasteiger partial charge in [-0.15, -0.1) is 0 Å². The van der Waals surface area contributed by atoms with E-state index in [0.717, 1.165) is 30.4 Å². The first-order chi connectivity index (χ1) is 14.8. The topological polar surface area (TPSA) is 32.3 Å². The van der Waals surface area contributed by atoms with Crippen molar-refractivity contribution in [3.63, 3.8) is 0 Å². The van der Waals surface area contributed by atoms with E-state index in [1.807, 2.05) is 32.0 Å². The van der Waals surface area contributed by atoms with Gasteiger partial charge >= 0.3 is 0 Å². The summed E-state index contributed by atoms with van der Waals surface area (Å²) in [7, 11) is 0. The molecule has 1 aliphatic carbocycles. The molecule has 160 valence electrons. The molecule has 0 saturated heterocycles. The third-order valence-electron chi connectivity index (χ3n) is 6.15. The van der Waals surface area contributed by atoms with Crippen molar-refractivity contribution < 1.29 is 5.21 Å². The number of aryl methyl sites for hydroxylation is 2. The predicted octanol–water partition coefficient (Wildman–Crippen LogP) is 7.81. The van der Waals surface area contributed by atoms with Crippen LogP contribution in [0.15, 0.2) is 60.7 Å². The number of nitrogens with one attached hydrogen (secondary N) is 1. The summed E-state index contributed by atoms with van der Waals surface area (Å²) in [4.78, 5) is 0. The number of halogens is 2. The third-order valence-corrected chi connectivity index (χ3v) is 6.69. The lowest BCUT2D eigenvalue weighted by Gasteiger charge is -2.25. The highest BCUT2D eigenvalue weighted by Crippen LogP contribution is 2.43. The van der Waals surface area contributed by atoms with Gasteiger partial charge < -0.3 is 5.21 Å². The summed E-state index contributed by atoms with van der Waals surface area (Å²) < 4.78 is 0. The lowest BCUT2D eigenvalue weighted by molar-refractivity contribution is 0.0805. The molecule has 3 aromatic carbocycles. The van der Waals surface area contributed by atoms with Crippen molar-refractivity contribution in [3.8, 4) is 0 Å². The van der Waals surface area contributed by atoms with Crippen LogP contribution in [0.2, 0.25) is 10.0 Å². The van der Waals surface area contributed by atoms with Crippen LogP contribution in [-0.2, 0) is 12.0 Å². The van der Waals surface area contributed by atoms with Crippen LogP contribution < -0.4 is 5.48 Å². The predicted molar refractivity (Wildman–Crippen MR) is 131 cm³/mol. The SMILES string of the molecule is Cc1ccc(C2=C(c3ccc(Cl)cc3Cl)CCCc3cc(C(C)(C)NO)ccc32)cc1. The van der Waals surface area contributed by atoms with Gasteiger partial charge in [0.25, 0.3) is 0 Å². The average molecular weight is 452 g/mol. The molecule has 2 nitrogen and oxygen atoms in total. The van der Waals surface area contributed by atoms with Crippen molar-refractivity contribution in [3.05, 3.63) is 104 Å². The Bertz CT molecular complexity index is 1150. The maximum absolute atomic E-state index is 9.62. The molecule has 0 aromatic heterocycles. The Labute approximate surface area is 194 Å². The van der Waals surface area contributed by atoms with Gasteiger partial charge in [-0.25, -0.2) is 0 Å². The molecule has 0 aliphatic heterocycles. The molecule has 0 fully saturated rings. The van der Waals surface area contributed by atoms with Gasteiger partial charge in [-0.05, 0) is 91.1 Å². The number of rotatable bonds is 4. The Balaban J connectivity index is 1.99. The summed E-state index contributed by atoms with van der Waals surface area (Å²) >= 11 is 12.9. The fraction of sp³-hybridized carbons (Fsp3) is 0.259. The molecule has 4 heteroatoms. The van der Waals surface area contributed by atoms with E-state index >= 15 is 0 Å². The first-order valence-electron chi connectivity index (χ1n) is 10.6. The van der Waals surface area contributed by atoms with E-state index in [4.69, 9.17) is 23.2 Å². The molecule has 31 heavy (non-hydrogen) atoms. The number of hydrogen-bond donors (Lipinski definition) is 2. The summed E-state index contributed by atoms with van der Waals surface area (Å²) in [6, 6.07) is 21.0. The molecular formula is C27H27Cl2NO. The number of benzene rings is 3. The van der Waals surface area contributed by atoms with E-state index < -0.39 is 5.54 Å². The second-order valence-electron chi connectivity index (χ2n) is 8.81. The van der Waals surface area contributed by atoms with E-state index in [0.29, 0.717) is 10.0 Å². The van der Waals surface area contributed by atoms with Crippen molar-refractivity contribution in [2.45, 2.75) is 45.6 Å². The van der Waals surface area contributed by atoms with Crippen molar-refractivity contribution in [1.82, 2.24) is 5.48 Å². The third kappa shape index (κ3) is 4.44. The molecule has 1 aliphatic rings. The zero-order valence-corrected chi connectivity index (χ0v) is 19.6. The van der Waals surface area contributed by atoms with Gasteiger partial charge in [-0.1, -0.05) is 77.3 Å². The fourth-order valence-electron chi connectivity index (χ4n) is 4.29. The normalized spacial score (nSPS) is 14.4. The van der Waals surface area contributed by atoms with E-state index in [9.17, 15) is 5.21 Å². The highest BCUT2D eigenvalue weighted by atomic mass is 35.5. The molecular weight excluding hydrogens is 425 g/mol. The number of fused-ring (bicyclic) bond motifs is 1. The molecule has 0 amide bonds. The fourth-order valence-corrected chi connectivity index (χ4v) is 4.82. The van der Waals surface area contributed by atoms with E-state index in [1.165, 1.54) is 33.4 Å². The zero-order chi connectivity index (χ0) is 22.2. The summed E-state index contributed by atoms with van der Waals surface area (Å²) in [5, 5.41) is 10.9. The van der Waals surface area contributed by atoms with Gasteiger partial charge in [0.1, 0.15) is 0 Å². The zero-order valence-electron chi connectivity index (χ0n) is 18.1. The van der Waals surface area contributed by atoms with Crippen LogP contribution in [0.1, 0.15) is 60.1 Å². The van der Waals surface area contributed by atoms with Crippen molar-refractivity contribution >= 4 is 34.3 Å². The van der Waals surface area contributed by atoms with Crippen LogP contribution in [0.5, 0.6) is 0 Å². The van der Waals surface area contributed by atoms with Crippen LogP contribution in [-0.4, -0.2) is 5.21 Å². The van der Waals surface area contributed by atoms with Gasteiger partial charge in [0.15, 0.2) is 0 Å². The standard InChI is InChI=1S/C27H27Cl2NO/c1-17-7-9-18(10-8-17)26-22-13-11-20(27(2,3)30-31)15-19(22)5-4-6-24(26)23-14-12-21(28)16-25(23)29/h7-16,30-31H,4-6H2,1-3H3. The number of allylic oxidation sites excluding steroid dienone is 1. The Morgan fingerprint density at radius 1 is 0.871 bits per heavy atom. The maximum Gasteiger partial charge on any atom is 0.0622 e. The number of hydroxylamine groups is 1. The largest absolute Gasteiger partial charge is 0.316 e. The minimum absolute atomic E-state index is 0.516. The summed E-state index contributed by atoms with van der Waals surface area (Å²) in [5.74, 6) is 0. The van der Waals surface area contributed by atoms with Crippen LogP contribution in [0, 0.1) is 6.92 Å². The number of hydrogen-bond acceptors (Lipinski definition) is 2. The molecule has 0 radical (unpaired) electrons. The molecule has 0 saturated carbocycles. The minimum atomic E-state index is -0.516. The molecule has 3 aromatic rings. The smallest absolute Gasteiger partial charge is 0.0622 e. The summed E-state index contributed by atoms with van der Waals surface area (Å²) in [5.41, 5.74) is 11.4. The van der Waals surface area contributed by atoms with Gasteiger partial charge in [0.05, 0.1) is 5.54 Å². The first-order valence-corrected chi connectivity index (χ1v) is 11.4. The quantitative estimate of drug-likeness (QED) is 0.396. The van der Waals surface area contributed by atoms with Crippen molar-refractivity contribution in [2.75, 3.05) is 0 Å². The molecule has 0 unspecified atom stereocenters. The molecule has 2 N–H and O–H groups in total. The highest BCUT2D eigenvalue weighted by molar-refractivity contribution is 6.36. The van der Waals surface area contributed by atoms with E-state index in [2.05, 4.69) is 54.9 Å².